The van der Waals surface area contributed by atoms with Crippen LogP contribution < -0.4 is 21.5 Å². The van der Waals surface area contributed by atoms with E-state index in [4.69, 9.17) is 0 Å². The molecule has 0 atom stereocenters. The maximum atomic E-state index is 12.2. The standard InChI is InChI=1S/C24H23N7O2/c1-16-5-7-20(8-6-16)29-24-26-17(2)14-21(30-24)27-18-9-11-19(12-10-18)28-22(32)15-31-23(33)4-3-13-25-31/h3-14H,15H2,1-2H3,(H,28,32)(H2,26,27,29,30). The molecule has 9 heteroatoms. The molecule has 9 nitrogen and oxygen atoms in total. The van der Waals surface area contributed by atoms with E-state index in [9.17, 15) is 9.59 Å². The summed E-state index contributed by atoms with van der Waals surface area (Å²) in [6.07, 6.45) is 1.46. The molecule has 2 heterocycles. The fourth-order valence-electron chi connectivity index (χ4n) is 3.08. The molecule has 0 unspecified atom stereocenters. The van der Waals surface area contributed by atoms with Crippen molar-refractivity contribution in [2.45, 2.75) is 20.4 Å². The van der Waals surface area contributed by atoms with Crippen LogP contribution in [0.15, 0.2) is 77.7 Å². The van der Waals surface area contributed by atoms with Crippen molar-refractivity contribution in [1.82, 2.24) is 19.7 Å². The molecular formula is C24H23N7O2. The van der Waals surface area contributed by atoms with Crippen LogP contribution in [0.5, 0.6) is 0 Å². The molecule has 0 saturated carbocycles. The molecule has 0 aliphatic carbocycles. The summed E-state index contributed by atoms with van der Waals surface area (Å²) in [6.45, 7) is 3.78. The normalized spacial score (nSPS) is 10.5. The third-order valence-corrected chi connectivity index (χ3v) is 4.68. The Balaban J connectivity index is 1.39. The number of nitrogens with zero attached hydrogens (tertiary/aromatic N) is 4. The SMILES string of the molecule is Cc1ccc(Nc2nc(C)cc(Nc3ccc(NC(=O)Cn4ncccc4=O)cc3)n2)cc1. The third kappa shape index (κ3) is 6.01. The highest BCUT2D eigenvalue weighted by atomic mass is 16.2. The van der Waals surface area contributed by atoms with E-state index in [1.165, 1.54) is 23.9 Å². The van der Waals surface area contributed by atoms with E-state index >= 15 is 0 Å². The molecule has 2 aromatic carbocycles. The molecule has 0 fully saturated rings. The minimum absolute atomic E-state index is 0.156. The smallest absolute Gasteiger partial charge is 0.267 e. The van der Waals surface area contributed by atoms with Gasteiger partial charge in [-0.2, -0.15) is 10.1 Å². The Bertz CT molecular complexity index is 1320. The topological polar surface area (TPSA) is 114 Å². The van der Waals surface area contributed by atoms with Crippen LogP contribution in [0.25, 0.3) is 0 Å². The largest absolute Gasteiger partial charge is 0.340 e. The Morgan fingerprint density at radius 1 is 0.879 bits per heavy atom. The molecule has 2 aromatic heterocycles. The molecule has 0 bridgehead atoms. The maximum absolute atomic E-state index is 12.2. The van der Waals surface area contributed by atoms with Crippen molar-refractivity contribution in [2.24, 2.45) is 0 Å². The van der Waals surface area contributed by atoms with Crippen LogP contribution in [0, 0.1) is 13.8 Å². The maximum Gasteiger partial charge on any atom is 0.267 e. The van der Waals surface area contributed by atoms with Crippen LogP contribution in [0.1, 0.15) is 11.3 Å². The van der Waals surface area contributed by atoms with E-state index in [1.54, 1.807) is 12.1 Å². The van der Waals surface area contributed by atoms with E-state index in [2.05, 4.69) is 31.0 Å². The first kappa shape index (κ1) is 21.7. The van der Waals surface area contributed by atoms with Crippen LogP contribution in [0.3, 0.4) is 0 Å². The number of carbonyl (C=O) groups excluding carboxylic acids is 1. The Hall–Kier alpha value is -4.53. The van der Waals surface area contributed by atoms with Crippen LogP contribution in [-0.2, 0) is 11.3 Å². The second-order valence-corrected chi connectivity index (χ2v) is 7.48. The quantitative estimate of drug-likeness (QED) is 0.400. The number of aryl methyl sites for hydroxylation is 2. The van der Waals surface area contributed by atoms with Crippen LogP contribution in [0.4, 0.5) is 28.8 Å². The van der Waals surface area contributed by atoms with Gasteiger partial charge in [0, 0.05) is 41.1 Å². The third-order valence-electron chi connectivity index (χ3n) is 4.68. The van der Waals surface area contributed by atoms with Gasteiger partial charge in [0.2, 0.25) is 11.9 Å². The van der Waals surface area contributed by atoms with E-state index in [0.717, 1.165) is 21.8 Å². The molecule has 0 aliphatic heterocycles. The first-order chi connectivity index (χ1) is 15.9. The predicted octanol–water partition coefficient (Wildman–Crippen LogP) is 3.78. The van der Waals surface area contributed by atoms with Gasteiger partial charge in [-0.25, -0.2) is 9.67 Å². The minimum Gasteiger partial charge on any atom is -0.340 e. The summed E-state index contributed by atoms with van der Waals surface area (Å²) in [5.74, 6) is 0.799. The molecule has 33 heavy (non-hydrogen) atoms. The number of rotatable bonds is 7. The molecule has 4 aromatic rings. The Morgan fingerprint density at radius 2 is 1.55 bits per heavy atom. The minimum atomic E-state index is -0.338. The van der Waals surface area contributed by atoms with Gasteiger partial charge >= 0.3 is 0 Å². The lowest BCUT2D eigenvalue weighted by Crippen LogP contribution is -2.28. The van der Waals surface area contributed by atoms with Crippen molar-refractivity contribution in [3.8, 4) is 0 Å². The Labute approximate surface area is 190 Å². The van der Waals surface area contributed by atoms with Gasteiger partial charge in [-0.15, -0.1) is 0 Å². The molecule has 0 spiro atoms. The molecule has 4 rings (SSSR count). The van der Waals surface area contributed by atoms with E-state index < -0.39 is 0 Å². The number of hydrogen-bond donors (Lipinski definition) is 3. The van der Waals surface area contributed by atoms with Crippen LogP contribution >= 0.6 is 0 Å². The number of amides is 1. The highest BCUT2D eigenvalue weighted by molar-refractivity contribution is 5.90. The van der Waals surface area contributed by atoms with Crippen molar-refractivity contribution in [1.29, 1.82) is 0 Å². The number of carbonyl (C=O) groups is 1. The zero-order valence-electron chi connectivity index (χ0n) is 18.2. The monoisotopic (exact) mass is 441 g/mol. The van der Waals surface area contributed by atoms with Gasteiger partial charge in [-0.1, -0.05) is 17.7 Å². The van der Waals surface area contributed by atoms with Crippen molar-refractivity contribution in [3.05, 3.63) is 94.5 Å². The van der Waals surface area contributed by atoms with Gasteiger partial charge in [-0.05, 0) is 56.3 Å². The Morgan fingerprint density at radius 3 is 2.27 bits per heavy atom. The summed E-state index contributed by atoms with van der Waals surface area (Å²) < 4.78 is 1.10. The van der Waals surface area contributed by atoms with Crippen molar-refractivity contribution >= 4 is 34.7 Å². The second-order valence-electron chi connectivity index (χ2n) is 7.48. The first-order valence-corrected chi connectivity index (χ1v) is 10.3. The number of anilines is 5. The molecule has 0 aliphatic rings. The summed E-state index contributed by atoms with van der Waals surface area (Å²) in [6, 6.07) is 19.9. The number of hydrogen-bond acceptors (Lipinski definition) is 7. The van der Waals surface area contributed by atoms with Crippen molar-refractivity contribution < 1.29 is 4.79 Å². The molecular weight excluding hydrogens is 418 g/mol. The zero-order valence-corrected chi connectivity index (χ0v) is 18.2. The molecule has 0 saturated heterocycles. The summed E-state index contributed by atoms with van der Waals surface area (Å²) in [4.78, 5) is 32.9. The average Bonchev–Trinajstić information content (AvgIpc) is 2.78. The van der Waals surface area contributed by atoms with Gasteiger partial charge in [0.25, 0.3) is 5.56 Å². The summed E-state index contributed by atoms with van der Waals surface area (Å²) in [5, 5.41) is 13.1. The van der Waals surface area contributed by atoms with Gasteiger partial charge in [-0.3, -0.25) is 9.59 Å². The number of aromatic nitrogens is 4. The highest BCUT2D eigenvalue weighted by Crippen LogP contribution is 2.21. The van der Waals surface area contributed by atoms with Crippen LogP contribution in [-0.4, -0.2) is 25.7 Å². The van der Waals surface area contributed by atoms with E-state index in [1.807, 2.05) is 56.3 Å². The predicted molar refractivity (Wildman–Crippen MR) is 128 cm³/mol. The summed E-state index contributed by atoms with van der Waals surface area (Å²) in [5.41, 5.74) is 3.98. The molecule has 0 radical (unpaired) electrons. The van der Waals surface area contributed by atoms with Gasteiger partial charge < -0.3 is 16.0 Å². The van der Waals surface area contributed by atoms with Gasteiger partial charge in [0.15, 0.2) is 0 Å². The second kappa shape index (κ2) is 9.73. The Kier molecular flexibility index (Phi) is 6.40. The number of benzene rings is 2. The van der Waals surface area contributed by atoms with E-state index in [0.29, 0.717) is 17.5 Å². The summed E-state index contributed by atoms with van der Waals surface area (Å²) >= 11 is 0. The highest BCUT2D eigenvalue weighted by Gasteiger charge is 2.07. The van der Waals surface area contributed by atoms with Crippen LogP contribution in [0.2, 0.25) is 0 Å². The molecule has 3 N–H and O–H groups in total. The summed E-state index contributed by atoms with van der Waals surface area (Å²) in [7, 11) is 0. The fraction of sp³-hybridized carbons (Fsp3) is 0.125. The fourth-order valence-corrected chi connectivity index (χ4v) is 3.08. The number of nitrogens with one attached hydrogen (secondary N) is 3. The zero-order chi connectivity index (χ0) is 23.2. The average molecular weight is 441 g/mol. The van der Waals surface area contributed by atoms with Gasteiger partial charge in [0.1, 0.15) is 12.4 Å². The van der Waals surface area contributed by atoms with Gasteiger partial charge in [0.05, 0.1) is 0 Å². The molecule has 166 valence electrons. The first-order valence-electron chi connectivity index (χ1n) is 10.3. The molecule has 1 amide bonds. The van der Waals surface area contributed by atoms with Crippen molar-refractivity contribution in [2.75, 3.05) is 16.0 Å². The lowest BCUT2D eigenvalue weighted by atomic mass is 10.2. The van der Waals surface area contributed by atoms with E-state index in [-0.39, 0.29) is 18.0 Å². The lowest BCUT2D eigenvalue weighted by molar-refractivity contribution is -0.117. The van der Waals surface area contributed by atoms with Crippen molar-refractivity contribution in [3.63, 3.8) is 0 Å². The lowest BCUT2D eigenvalue weighted by Gasteiger charge is -2.11.